The molecular weight excluding hydrogens is 382 g/mol. The van der Waals surface area contributed by atoms with Crippen molar-refractivity contribution in [1.82, 2.24) is 19.5 Å². The molecule has 8 nitrogen and oxygen atoms in total. The molecule has 3 heterocycles. The van der Waals surface area contributed by atoms with Gasteiger partial charge in [-0.25, -0.2) is 9.97 Å². The van der Waals surface area contributed by atoms with Gasteiger partial charge in [-0.1, -0.05) is 31.0 Å². The molecule has 8 heteroatoms. The zero-order valence-corrected chi connectivity index (χ0v) is 16.9. The van der Waals surface area contributed by atoms with Crippen LogP contribution in [0.3, 0.4) is 0 Å². The van der Waals surface area contributed by atoms with E-state index in [2.05, 4.69) is 9.97 Å². The quantitative estimate of drug-likeness (QED) is 0.527. The predicted octanol–water partition coefficient (Wildman–Crippen LogP) is 4.07. The van der Waals surface area contributed by atoms with Gasteiger partial charge in [0.15, 0.2) is 0 Å². The molecule has 5 rings (SSSR count). The molecule has 0 aliphatic heterocycles. The summed E-state index contributed by atoms with van der Waals surface area (Å²) >= 11 is 0. The number of nitrogen functional groups attached to an aromatic ring is 1. The number of aromatic nitrogens is 4. The van der Waals surface area contributed by atoms with Gasteiger partial charge in [0.25, 0.3) is 0 Å². The van der Waals surface area contributed by atoms with Crippen LogP contribution in [-0.4, -0.2) is 38.8 Å². The van der Waals surface area contributed by atoms with E-state index in [4.69, 9.17) is 20.2 Å². The molecule has 1 aromatic carbocycles. The van der Waals surface area contributed by atoms with Gasteiger partial charge in [-0.05, 0) is 12.8 Å². The van der Waals surface area contributed by atoms with Crippen LogP contribution in [0.25, 0.3) is 32.9 Å². The van der Waals surface area contributed by atoms with E-state index in [1.165, 1.54) is 20.0 Å². The van der Waals surface area contributed by atoms with Crippen LogP contribution >= 0.6 is 0 Å². The Hall–Kier alpha value is -3.55. The number of pyridine rings is 1. The van der Waals surface area contributed by atoms with Gasteiger partial charge in [0, 0.05) is 29.4 Å². The van der Waals surface area contributed by atoms with Crippen molar-refractivity contribution < 1.29 is 14.6 Å². The number of hydrogen-bond acceptors (Lipinski definition) is 7. The van der Waals surface area contributed by atoms with Crippen LogP contribution in [0.1, 0.15) is 31.7 Å². The average Bonchev–Trinajstić information content (AvgIpc) is 3.41. The number of benzene rings is 1. The molecule has 0 bridgehead atoms. The van der Waals surface area contributed by atoms with Gasteiger partial charge in [0.2, 0.25) is 11.8 Å². The third-order valence-corrected chi connectivity index (χ3v) is 5.93. The summed E-state index contributed by atoms with van der Waals surface area (Å²) in [6, 6.07) is 6.25. The van der Waals surface area contributed by atoms with Crippen LogP contribution < -0.4 is 15.2 Å². The van der Waals surface area contributed by atoms with Gasteiger partial charge in [-0.2, -0.15) is 4.98 Å². The van der Waals surface area contributed by atoms with Gasteiger partial charge in [-0.15, -0.1) is 0 Å². The number of rotatable bonds is 4. The summed E-state index contributed by atoms with van der Waals surface area (Å²) in [6.07, 6.45) is 8.02. The summed E-state index contributed by atoms with van der Waals surface area (Å²) < 4.78 is 12.5. The number of methoxy groups -OCH3 is 2. The molecule has 0 spiro atoms. The van der Waals surface area contributed by atoms with Gasteiger partial charge in [-0.3, -0.25) is 0 Å². The van der Waals surface area contributed by atoms with Crippen molar-refractivity contribution in [1.29, 1.82) is 0 Å². The van der Waals surface area contributed by atoms with Gasteiger partial charge in [0.1, 0.15) is 0 Å². The molecule has 0 saturated heterocycles. The molecule has 0 amide bonds. The Kier molecular flexibility index (Phi) is 4.34. The number of para-hydroxylation sites is 1. The molecule has 30 heavy (non-hydrogen) atoms. The normalized spacial score (nSPS) is 14.6. The number of hydrogen-bond donors (Lipinski definition) is 2. The Bertz CT molecular complexity index is 1260. The van der Waals surface area contributed by atoms with Gasteiger partial charge >= 0.3 is 6.01 Å². The molecular formula is C22H23N5O3. The van der Waals surface area contributed by atoms with E-state index in [9.17, 15) is 5.11 Å². The topological polar surface area (TPSA) is 108 Å². The number of ether oxygens (including phenoxy) is 2. The molecule has 3 N–H and O–H groups in total. The van der Waals surface area contributed by atoms with Crippen molar-refractivity contribution in [3.63, 3.8) is 0 Å². The number of aromatic hydroxyl groups is 1. The lowest BCUT2D eigenvalue weighted by Gasteiger charge is -2.13. The molecule has 154 valence electrons. The first-order chi connectivity index (χ1) is 14.6. The molecule has 0 radical (unpaired) electrons. The molecule has 1 saturated carbocycles. The summed E-state index contributed by atoms with van der Waals surface area (Å²) in [5.74, 6) is 0.584. The van der Waals surface area contributed by atoms with Crippen LogP contribution in [-0.2, 0) is 0 Å². The van der Waals surface area contributed by atoms with Crippen molar-refractivity contribution in [2.45, 2.75) is 31.7 Å². The highest BCUT2D eigenvalue weighted by atomic mass is 16.5. The van der Waals surface area contributed by atoms with Crippen molar-refractivity contribution in [2.75, 3.05) is 20.0 Å². The third-order valence-electron chi connectivity index (χ3n) is 5.93. The van der Waals surface area contributed by atoms with Crippen LogP contribution in [0.2, 0.25) is 0 Å². The maximum atomic E-state index is 10.9. The average molecular weight is 405 g/mol. The van der Waals surface area contributed by atoms with E-state index < -0.39 is 0 Å². The molecule has 0 unspecified atom stereocenters. The second-order valence-corrected chi connectivity index (χ2v) is 7.57. The lowest BCUT2D eigenvalue weighted by molar-refractivity contribution is 0.353. The van der Waals surface area contributed by atoms with E-state index in [-0.39, 0.29) is 17.9 Å². The van der Waals surface area contributed by atoms with Crippen molar-refractivity contribution in [3.8, 4) is 28.9 Å². The summed E-state index contributed by atoms with van der Waals surface area (Å²) in [5, 5.41) is 12.3. The number of nitrogens with zero attached hydrogens (tertiary/aromatic N) is 4. The number of anilines is 1. The van der Waals surface area contributed by atoms with Gasteiger partial charge < -0.3 is 24.9 Å². The SMILES string of the molecule is COc1ncc(-c2cccc3c(N)c4c(O)n(C5CCCC5)cc4nc23)c(OC)n1. The van der Waals surface area contributed by atoms with Crippen LogP contribution in [0, 0.1) is 0 Å². The Morgan fingerprint density at radius 2 is 1.90 bits per heavy atom. The Morgan fingerprint density at radius 1 is 1.10 bits per heavy atom. The fourth-order valence-electron chi connectivity index (χ4n) is 4.45. The zero-order valence-electron chi connectivity index (χ0n) is 16.9. The number of nitrogens with two attached hydrogens (primary N) is 1. The van der Waals surface area contributed by atoms with Crippen molar-refractivity contribution >= 4 is 27.5 Å². The summed E-state index contributed by atoms with van der Waals surface area (Å²) in [4.78, 5) is 13.4. The highest BCUT2D eigenvalue weighted by Crippen LogP contribution is 2.43. The number of fused-ring (bicyclic) bond motifs is 2. The summed E-state index contributed by atoms with van der Waals surface area (Å²) in [7, 11) is 3.06. The fourth-order valence-corrected chi connectivity index (χ4v) is 4.45. The fraction of sp³-hybridized carbons (Fsp3) is 0.318. The monoisotopic (exact) mass is 405 g/mol. The minimum atomic E-state index is 0.194. The maximum absolute atomic E-state index is 10.9. The first-order valence-corrected chi connectivity index (χ1v) is 9.99. The van der Waals surface area contributed by atoms with Crippen molar-refractivity contribution in [2.24, 2.45) is 0 Å². The van der Waals surface area contributed by atoms with E-state index in [0.717, 1.165) is 23.8 Å². The second kappa shape index (κ2) is 7.05. The third kappa shape index (κ3) is 2.71. The molecule has 4 aromatic rings. The van der Waals surface area contributed by atoms with Crippen LogP contribution in [0.15, 0.2) is 30.6 Å². The highest BCUT2D eigenvalue weighted by Gasteiger charge is 2.24. The summed E-state index contributed by atoms with van der Waals surface area (Å²) in [6.45, 7) is 0. The molecule has 0 atom stereocenters. The Morgan fingerprint density at radius 3 is 2.63 bits per heavy atom. The molecule has 1 aliphatic carbocycles. The molecule has 1 aliphatic rings. The van der Waals surface area contributed by atoms with E-state index in [0.29, 0.717) is 33.6 Å². The molecule has 3 aromatic heterocycles. The first-order valence-electron chi connectivity index (χ1n) is 9.99. The second-order valence-electron chi connectivity index (χ2n) is 7.57. The van der Waals surface area contributed by atoms with E-state index >= 15 is 0 Å². The summed E-state index contributed by atoms with van der Waals surface area (Å²) in [5.41, 5.74) is 9.92. The smallest absolute Gasteiger partial charge is 0.319 e. The zero-order chi connectivity index (χ0) is 20.8. The van der Waals surface area contributed by atoms with Gasteiger partial charge in [0.05, 0.1) is 41.9 Å². The molecule has 1 fully saturated rings. The van der Waals surface area contributed by atoms with Crippen molar-refractivity contribution in [3.05, 3.63) is 30.6 Å². The minimum absolute atomic E-state index is 0.194. The lowest BCUT2D eigenvalue weighted by Crippen LogP contribution is -2.01. The Labute approximate surface area is 173 Å². The first kappa shape index (κ1) is 18.5. The van der Waals surface area contributed by atoms with Crippen LogP contribution in [0.5, 0.6) is 17.8 Å². The maximum Gasteiger partial charge on any atom is 0.319 e. The van der Waals surface area contributed by atoms with E-state index in [1.54, 1.807) is 13.3 Å². The minimum Gasteiger partial charge on any atom is -0.494 e. The standard InChI is InChI=1S/C22H23N5O3/c1-29-20-15(10-24-22(26-20)30-2)13-8-5-9-14-18(23)17-16(25-19(13)14)11-27(21(17)28)12-6-3-4-7-12/h5,8-12,28H,3-4,6-7,23H2,1-2H3. The lowest BCUT2D eigenvalue weighted by atomic mass is 10.0. The highest BCUT2D eigenvalue weighted by molar-refractivity contribution is 6.12. The Balaban J connectivity index is 1.77. The predicted molar refractivity (Wildman–Crippen MR) is 115 cm³/mol. The van der Waals surface area contributed by atoms with Crippen LogP contribution in [0.4, 0.5) is 5.69 Å². The largest absolute Gasteiger partial charge is 0.494 e. The van der Waals surface area contributed by atoms with E-state index in [1.807, 2.05) is 29.0 Å².